The highest BCUT2D eigenvalue weighted by atomic mass is 35.5. The van der Waals surface area contributed by atoms with Crippen molar-refractivity contribution in [2.75, 3.05) is 13.2 Å². The first-order valence-corrected chi connectivity index (χ1v) is 10.9. The summed E-state index contributed by atoms with van der Waals surface area (Å²) in [5.74, 6) is -0.460. The van der Waals surface area contributed by atoms with Crippen molar-refractivity contribution in [2.45, 2.75) is 18.3 Å². The van der Waals surface area contributed by atoms with Crippen LogP contribution in [0, 0.1) is 17.1 Å². The Bertz CT molecular complexity index is 1400. The van der Waals surface area contributed by atoms with E-state index in [-0.39, 0.29) is 24.8 Å². The lowest BCUT2D eigenvalue weighted by Crippen LogP contribution is -2.36. The predicted octanol–water partition coefficient (Wildman–Crippen LogP) is 4.06. The Morgan fingerprint density at radius 2 is 1.88 bits per heavy atom. The quantitative estimate of drug-likeness (QED) is 0.398. The molecule has 0 unspecified atom stereocenters. The number of aromatic nitrogens is 2. The van der Waals surface area contributed by atoms with Crippen LogP contribution < -0.4 is 4.74 Å². The summed E-state index contributed by atoms with van der Waals surface area (Å²) in [6.07, 6.45) is -2.30. The Morgan fingerprint density at radius 1 is 1.15 bits per heavy atom. The molecule has 3 atom stereocenters. The van der Waals surface area contributed by atoms with Crippen molar-refractivity contribution in [1.82, 2.24) is 9.97 Å². The Kier molecular flexibility index (Phi) is 5.94. The number of H-pyrrole nitrogens is 1. The second-order valence-electron chi connectivity index (χ2n) is 7.98. The average molecular weight is 480 g/mol. The molecular weight excluding hydrogens is 461 g/mol. The lowest BCUT2D eigenvalue weighted by atomic mass is 9.99. The topological polar surface area (TPSA) is 111 Å². The van der Waals surface area contributed by atoms with Crippen molar-refractivity contribution in [3.8, 4) is 34.3 Å². The number of hydrogen-bond donors (Lipinski definition) is 3. The number of imidazole rings is 1. The van der Waals surface area contributed by atoms with Gasteiger partial charge in [0.15, 0.2) is 6.10 Å². The Balaban J connectivity index is 1.40. The number of nitrogens with zero attached hydrogens (tertiary/aromatic N) is 2. The smallest absolute Gasteiger partial charge is 0.295 e. The number of aliphatic hydroxyl groups excluding tert-OH is 2. The minimum Gasteiger partial charge on any atom is -0.456 e. The van der Waals surface area contributed by atoms with Crippen molar-refractivity contribution in [1.29, 1.82) is 5.26 Å². The van der Waals surface area contributed by atoms with Crippen LogP contribution in [0.25, 0.3) is 33.3 Å². The van der Waals surface area contributed by atoms with Crippen molar-refractivity contribution in [3.63, 3.8) is 0 Å². The van der Waals surface area contributed by atoms with Crippen LogP contribution in [-0.2, 0) is 4.74 Å². The van der Waals surface area contributed by atoms with Gasteiger partial charge in [-0.3, -0.25) is 0 Å². The van der Waals surface area contributed by atoms with Crippen LogP contribution in [0.3, 0.4) is 0 Å². The molecule has 3 N–H and O–H groups in total. The summed E-state index contributed by atoms with van der Waals surface area (Å²) >= 11 is 6.53. The summed E-state index contributed by atoms with van der Waals surface area (Å²) in [4.78, 5) is 7.47. The third-order valence-electron chi connectivity index (χ3n) is 5.83. The van der Waals surface area contributed by atoms with E-state index in [1.165, 1.54) is 6.07 Å². The summed E-state index contributed by atoms with van der Waals surface area (Å²) < 4.78 is 25.4. The monoisotopic (exact) mass is 479 g/mol. The third kappa shape index (κ3) is 4.11. The zero-order valence-electron chi connectivity index (χ0n) is 17.7. The number of fused-ring (bicyclic) bond motifs is 1. The number of aromatic amines is 1. The molecule has 0 saturated carbocycles. The first-order chi connectivity index (χ1) is 16.5. The minimum atomic E-state index is -0.961. The molecule has 1 saturated heterocycles. The largest absolute Gasteiger partial charge is 0.456 e. The van der Waals surface area contributed by atoms with Crippen LogP contribution in [0.2, 0.25) is 5.02 Å². The van der Waals surface area contributed by atoms with E-state index < -0.39 is 24.1 Å². The Hall–Kier alpha value is -3.48. The fourth-order valence-corrected chi connectivity index (χ4v) is 4.27. The normalized spacial score (nSPS) is 19.9. The van der Waals surface area contributed by atoms with E-state index in [1.807, 2.05) is 24.3 Å². The Morgan fingerprint density at radius 3 is 2.53 bits per heavy atom. The molecule has 34 heavy (non-hydrogen) atoms. The SMILES string of the molecule is N#Cc1ccc(-c2ccc(-c3cc4nc(O[C@@H]5CO[C@H](CO)[C@H]5O)[nH]c4cc3Cl)cc2)c(F)c1. The lowest BCUT2D eigenvalue weighted by Gasteiger charge is -2.15. The van der Waals surface area contributed by atoms with E-state index in [2.05, 4.69) is 9.97 Å². The molecule has 4 aromatic rings. The van der Waals surface area contributed by atoms with Gasteiger partial charge >= 0.3 is 0 Å². The maximum Gasteiger partial charge on any atom is 0.295 e. The molecule has 1 fully saturated rings. The number of ether oxygens (including phenoxy) is 2. The molecule has 1 aliphatic rings. The summed E-state index contributed by atoms with van der Waals surface area (Å²) in [6.45, 7) is -0.154. The Labute approximate surface area is 199 Å². The zero-order valence-corrected chi connectivity index (χ0v) is 18.5. The van der Waals surface area contributed by atoms with Gasteiger partial charge in [-0.25, -0.2) is 4.39 Å². The van der Waals surface area contributed by atoms with Gasteiger partial charge in [-0.05, 0) is 35.4 Å². The maximum atomic E-state index is 14.4. The molecule has 1 aromatic heterocycles. The predicted molar refractivity (Wildman–Crippen MR) is 124 cm³/mol. The summed E-state index contributed by atoms with van der Waals surface area (Å²) in [5.41, 5.74) is 4.18. The van der Waals surface area contributed by atoms with Gasteiger partial charge in [-0.2, -0.15) is 10.2 Å². The first kappa shape index (κ1) is 22.3. The molecule has 0 aliphatic carbocycles. The van der Waals surface area contributed by atoms with Gasteiger partial charge in [0.25, 0.3) is 6.01 Å². The summed E-state index contributed by atoms with van der Waals surface area (Å²) in [5, 5.41) is 28.8. The molecule has 2 heterocycles. The van der Waals surface area contributed by atoms with E-state index in [0.717, 1.165) is 11.1 Å². The molecule has 3 aromatic carbocycles. The highest BCUT2D eigenvalue weighted by Gasteiger charge is 2.37. The van der Waals surface area contributed by atoms with Crippen LogP contribution in [0.15, 0.2) is 54.6 Å². The molecular formula is C25H19ClFN3O4. The number of rotatable bonds is 5. The molecule has 0 bridgehead atoms. The molecule has 7 nitrogen and oxygen atoms in total. The highest BCUT2D eigenvalue weighted by Crippen LogP contribution is 2.34. The fraction of sp³-hybridized carbons (Fsp3) is 0.200. The highest BCUT2D eigenvalue weighted by molar-refractivity contribution is 6.34. The fourth-order valence-electron chi connectivity index (χ4n) is 3.99. The molecule has 1 aliphatic heterocycles. The molecule has 5 rings (SSSR count). The molecule has 0 radical (unpaired) electrons. The van der Waals surface area contributed by atoms with Gasteiger partial charge in [-0.15, -0.1) is 0 Å². The first-order valence-electron chi connectivity index (χ1n) is 10.5. The van der Waals surface area contributed by atoms with Gasteiger partial charge in [-0.1, -0.05) is 41.9 Å². The number of aliphatic hydroxyl groups is 2. The van der Waals surface area contributed by atoms with Gasteiger partial charge in [0, 0.05) is 11.1 Å². The van der Waals surface area contributed by atoms with E-state index in [0.29, 0.717) is 27.2 Å². The van der Waals surface area contributed by atoms with Gasteiger partial charge in [0.05, 0.1) is 40.9 Å². The summed E-state index contributed by atoms with van der Waals surface area (Å²) in [7, 11) is 0. The van der Waals surface area contributed by atoms with Crippen LogP contribution in [-0.4, -0.2) is 51.7 Å². The van der Waals surface area contributed by atoms with Gasteiger partial charge < -0.3 is 24.7 Å². The van der Waals surface area contributed by atoms with Crippen LogP contribution >= 0.6 is 11.6 Å². The third-order valence-corrected chi connectivity index (χ3v) is 6.15. The number of halogens is 2. The second kappa shape index (κ2) is 9.05. The standard InChI is InChI=1S/C25H19ClFN3O4/c26-18-9-21-20(29-25(30-21)34-23-12-33-22(11-31)24(23)32)8-17(18)15-4-2-14(3-5-15)16-6-1-13(10-28)7-19(16)27/h1-9,22-24,31-32H,11-12H2,(H,29,30)/t22-,23-,24-/m1/s1. The maximum absolute atomic E-state index is 14.4. The second-order valence-corrected chi connectivity index (χ2v) is 8.38. The number of hydrogen-bond acceptors (Lipinski definition) is 6. The van der Waals surface area contributed by atoms with Crippen molar-refractivity contribution >= 4 is 22.6 Å². The summed E-state index contributed by atoms with van der Waals surface area (Å²) in [6, 6.07) is 17.3. The van der Waals surface area contributed by atoms with Crippen molar-refractivity contribution in [2.24, 2.45) is 0 Å². The van der Waals surface area contributed by atoms with Crippen molar-refractivity contribution in [3.05, 3.63) is 71.0 Å². The molecule has 0 spiro atoms. The number of benzene rings is 3. The number of nitrogens with one attached hydrogen (secondary N) is 1. The van der Waals surface area contributed by atoms with Gasteiger partial charge in [0.1, 0.15) is 18.0 Å². The lowest BCUT2D eigenvalue weighted by molar-refractivity contribution is -0.00390. The van der Waals surface area contributed by atoms with Crippen LogP contribution in [0.1, 0.15) is 5.56 Å². The number of nitriles is 1. The van der Waals surface area contributed by atoms with E-state index in [4.69, 9.17) is 26.3 Å². The van der Waals surface area contributed by atoms with Gasteiger partial charge in [0.2, 0.25) is 0 Å². The van der Waals surface area contributed by atoms with E-state index >= 15 is 0 Å². The zero-order chi connectivity index (χ0) is 23.8. The van der Waals surface area contributed by atoms with E-state index in [1.54, 1.807) is 30.3 Å². The van der Waals surface area contributed by atoms with Crippen LogP contribution in [0.4, 0.5) is 4.39 Å². The molecule has 172 valence electrons. The van der Waals surface area contributed by atoms with E-state index in [9.17, 15) is 14.6 Å². The van der Waals surface area contributed by atoms with Crippen molar-refractivity contribution < 1.29 is 24.1 Å². The minimum absolute atomic E-state index is 0.141. The van der Waals surface area contributed by atoms with Crippen LogP contribution in [0.5, 0.6) is 6.01 Å². The molecule has 0 amide bonds. The average Bonchev–Trinajstić information content (AvgIpc) is 3.40. The molecule has 9 heteroatoms.